The predicted molar refractivity (Wildman–Crippen MR) is 152 cm³/mol. The minimum absolute atomic E-state index is 0. The zero-order chi connectivity index (χ0) is 25.8. The van der Waals surface area contributed by atoms with Crippen molar-refractivity contribution < 1.29 is 19.1 Å². The van der Waals surface area contributed by atoms with Crippen molar-refractivity contribution >= 4 is 35.6 Å². The number of benzene rings is 3. The summed E-state index contributed by atoms with van der Waals surface area (Å²) < 4.78 is 11.1. The monoisotopic (exact) mass is 536 g/mol. The summed E-state index contributed by atoms with van der Waals surface area (Å²) in [5, 5.41) is 9.24. The van der Waals surface area contributed by atoms with Gasteiger partial charge in [-0.1, -0.05) is 18.2 Å². The quantitative estimate of drug-likeness (QED) is 0.364. The van der Waals surface area contributed by atoms with Gasteiger partial charge < -0.3 is 30.3 Å². The number of carbonyl (C=O) groups is 2. The lowest BCUT2D eigenvalue weighted by atomic mass is 9.94. The highest BCUT2D eigenvalue weighted by atomic mass is 35.5. The number of ether oxygens (including phenoxy) is 2. The molecule has 200 valence electrons. The number of carbonyl (C=O) groups excluding carboxylic acids is 2. The SMILES string of the molecule is COc1cccc(-c2ccc(NC(=O)c3ccc(NCCN4CCCC4)cc3)c3c2CNC3=O)c1OC.Cl. The zero-order valence-electron chi connectivity index (χ0n) is 21.6. The second kappa shape index (κ2) is 12.2. The lowest BCUT2D eigenvalue weighted by molar-refractivity contribution is 0.0966. The number of likely N-dealkylation sites (tertiary alicyclic amines) is 1. The molecule has 2 amide bonds. The van der Waals surface area contributed by atoms with Crippen LogP contribution in [-0.4, -0.2) is 57.1 Å². The van der Waals surface area contributed by atoms with Crippen LogP contribution in [0.25, 0.3) is 11.1 Å². The summed E-state index contributed by atoms with van der Waals surface area (Å²) in [5.41, 5.74) is 4.94. The molecule has 1 saturated heterocycles. The second-order valence-electron chi connectivity index (χ2n) is 9.24. The van der Waals surface area contributed by atoms with Crippen molar-refractivity contribution in [1.82, 2.24) is 10.2 Å². The molecule has 2 heterocycles. The second-order valence-corrected chi connectivity index (χ2v) is 9.24. The summed E-state index contributed by atoms with van der Waals surface area (Å²) in [7, 11) is 3.18. The topological polar surface area (TPSA) is 91.9 Å². The highest BCUT2D eigenvalue weighted by Crippen LogP contribution is 2.42. The Morgan fingerprint density at radius 3 is 2.45 bits per heavy atom. The van der Waals surface area contributed by atoms with Gasteiger partial charge in [0.2, 0.25) is 0 Å². The van der Waals surface area contributed by atoms with Gasteiger partial charge in [-0.2, -0.15) is 0 Å². The van der Waals surface area contributed by atoms with E-state index in [9.17, 15) is 9.59 Å². The summed E-state index contributed by atoms with van der Waals surface area (Å²) in [5.74, 6) is 0.721. The maximum absolute atomic E-state index is 13.1. The number of nitrogens with one attached hydrogen (secondary N) is 3. The van der Waals surface area contributed by atoms with Gasteiger partial charge in [-0.15, -0.1) is 12.4 Å². The molecule has 3 aromatic carbocycles. The summed E-state index contributed by atoms with van der Waals surface area (Å²) in [4.78, 5) is 28.3. The third kappa shape index (κ3) is 5.56. The van der Waals surface area contributed by atoms with E-state index >= 15 is 0 Å². The van der Waals surface area contributed by atoms with Crippen LogP contribution in [0.4, 0.5) is 11.4 Å². The predicted octanol–water partition coefficient (Wildman–Crippen LogP) is 4.80. The van der Waals surface area contributed by atoms with E-state index in [0.717, 1.165) is 35.5 Å². The van der Waals surface area contributed by atoms with Gasteiger partial charge in [-0.3, -0.25) is 9.59 Å². The summed E-state index contributed by atoms with van der Waals surface area (Å²) in [6.45, 7) is 4.61. The van der Waals surface area contributed by atoms with Crippen molar-refractivity contribution in [3.8, 4) is 22.6 Å². The van der Waals surface area contributed by atoms with Crippen molar-refractivity contribution in [3.05, 3.63) is 71.3 Å². The Bertz CT molecular complexity index is 1310. The molecule has 0 atom stereocenters. The van der Waals surface area contributed by atoms with Gasteiger partial charge in [0.05, 0.1) is 25.5 Å². The van der Waals surface area contributed by atoms with E-state index in [0.29, 0.717) is 34.9 Å². The number of methoxy groups -OCH3 is 2. The fourth-order valence-corrected chi connectivity index (χ4v) is 5.10. The Labute approximate surface area is 229 Å². The molecular formula is C29H33ClN4O4. The Kier molecular flexibility index (Phi) is 8.76. The number of para-hydroxylation sites is 1. The van der Waals surface area contributed by atoms with Crippen LogP contribution < -0.4 is 25.4 Å². The Morgan fingerprint density at radius 1 is 0.974 bits per heavy atom. The Hall–Kier alpha value is -3.75. The van der Waals surface area contributed by atoms with E-state index < -0.39 is 0 Å². The van der Waals surface area contributed by atoms with Gasteiger partial charge in [0.25, 0.3) is 11.8 Å². The molecule has 0 aliphatic carbocycles. The van der Waals surface area contributed by atoms with Crippen molar-refractivity contribution in [2.75, 3.05) is 51.0 Å². The van der Waals surface area contributed by atoms with Crippen LogP contribution >= 0.6 is 12.4 Å². The van der Waals surface area contributed by atoms with Gasteiger partial charge in [0, 0.05) is 36.4 Å². The highest BCUT2D eigenvalue weighted by Gasteiger charge is 2.28. The molecule has 38 heavy (non-hydrogen) atoms. The number of amides is 2. The van der Waals surface area contributed by atoms with E-state index in [1.807, 2.05) is 36.4 Å². The van der Waals surface area contributed by atoms with E-state index in [4.69, 9.17) is 9.47 Å². The number of anilines is 2. The van der Waals surface area contributed by atoms with Crippen LogP contribution in [-0.2, 0) is 6.54 Å². The molecule has 3 N–H and O–H groups in total. The third-order valence-electron chi connectivity index (χ3n) is 7.01. The minimum atomic E-state index is -0.266. The standard InChI is InChI=1S/C29H32N4O4.ClH/c1-36-25-7-5-6-22(27(25)37-2)21-12-13-24(26-23(21)18-31-29(26)35)32-28(34)19-8-10-20(11-9-19)30-14-17-33-15-3-4-16-33;/h5-13,30H,3-4,14-18H2,1-2H3,(H,31,35)(H,32,34);1H. The number of rotatable bonds is 9. The number of nitrogens with zero attached hydrogens (tertiary/aromatic N) is 1. The molecule has 1 fully saturated rings. The first-order valence-electron chi connectivity index (χ1n) is 12.6. The fourth-order valence-electron chi connectivity index (χ4n) is 5.10. The average Bonchev–Trinajstić information content (AvgIpc) is 3.59. The van der Waals surface area contributed by atoms with Gasteiger partial charge in [-0.25, -0.2) is 0 Å². The first-order valence-corrected chi connectivity index (χ1v) is 12.6. The number of hydrogen-bond acceptors (Lipinski definition) is 6. The summed E-state index contributed by atoms with van der Waals surface area (Å²) >= 11 is 0. The van der Waals surface area contributed by atoms with Gasteiger partial charge in [-0.05, 0) is 73.5 Å². The van der Waals surface area contributed by atoms with Gasteiger partial charge in [0.15, 0.2) is 11.5 Å². The van der Waals surface area contributed by atoms with Crippen LogP contribution in [0.5, 0.6) is 11.5 Å². The van der Waals surface area contributed by atoms with E-state index in [1.165, 1.54) is 25.9 Å². The van der Waals surface area contributed by atoms with Crippen molar-refractivity contribution in [3.63, 3.8) is 0 Å². The van der Waals surface area contributed by atoms with E-state index in [-0.39, 0.29) is 24.2 Å². The lowest BCUT2D eigenvalue weighted by Crippen LogP contribution is -2.25. The molecule has 0 saturated carbocycles. The first kappa shape index (κ1) is 27.3. The van der Waals surface area contributed by atoms with Crippen molar-refractivity contribution in [2.45, 2.75) is 19.4 Å². The van der Waals surface area contributed by atoms with Crippen LogP contribution in [0.2, 0.25) is 0 Å². The molecule has 8 nitrogen and oxygen atoms in total. The van der Waals surface area contributed by atoms with E-state index in [1.54, 1.807) is 32.4 Å². The molecule has 0 bridgehead atoms. The number of hydrogen-bond donors (Lipinski definition) is 3. The molecule has 9 heteroatoms. The van der Waals surface area contributed by atoms with Crippen molar-refractivity contribution in [2.24, 2.45) is 0 Å². The lowest BCUT2D eigenvalue weighted by Gasteiger charge is -2.17. The van der Waals surface area contributed by atoms with Crippen LogP contribution in [0.3, 0.4) is 0 Å². The van der Waals surface area contributed by atoms with Gasteiger partial charge >= 0.3 is 0 Å². The molecule has 0 unspecified atom stereocenters. The summed E-state index contributed by atoms with van der Waals surface area (Å²) in [6, 6.07) is 16.7. The van der Waals surface area contributed by atoms with Crippen LogP contribution in [0, 0.1) is 0 Å². The molecule has 0 aromatic heterocycles. The van der Waals surface area contributed by atoms with E-state index in [2.05, 4.69) is 20.9 Å². The molecule has 2 aliphatic heterocycles. The largest absolute Gasteiger partial charge is 0.493 e. The van der Waals surface area contributed by atoms with Gasteiger partial charge in [0.1, 0.15) is 0 Å². The average molecular weight is 537 g/mol. The fraction of sp³-hybridized carbons (Fsp3) is 0.310. The van der Waals surface area contributed by atoms with Crippen LogP contribution in [0.15, 0.2) is 54.6 Å². The van der Waals surface area contributed by atoms with Crippen LogP contribution in [0.1, 0.15) is 39.1 Å². The maximum atomic E-state index is 13.1. The number of halogens is 1. The minimum Gasteiger partial charge on any atom is -0.493 e. The zero-order valence-corrected chi connectivity index (χ0v) is 22.5. The number of fused-ring (bicyclic) bond motifs is 1. The highest BCUT2D eigenvalue weighted by molar-refractivity contribution is 6.11. The molecule has 2 aliphatic rings. The maximum Gasteiger partial charge on any atom is 0.255 e. The molecule has 0 spiro atoms. The Balaban J connectivity index is 0.00000336. The third-order valence-corrected chi connectivity index (χ3v) is 7.01. The summed E-state index contributed by atoms with van der Waals surface area (Å²) in [6.07, 6.45) is 2.57. The first-order chi connectivity index (χ1) is 18.1. The molecular weight excluding hydrogens is 504 g/mol. The molecule has 5 rings (SSSR count). The normalized spacial score (nSPS) is 14.3. The smallest absolute Gasteiger partial charge is 0.255 e. The molecule has 3 aromatic rings. The Morgan fingerprint density at radius 2 is 1.74 bits per heavy atom. The van der Waals surface area contributed by atoms with Crippen molar-refractivity contribution in [1.29, 1.82) is 0 Å². The molecule has 0 radical (unpaired) electrons.